The van der Waals surface area contributed by atoms with Gasteiger partial charge in [-0.2, -0.15) is 0 Å². The lowest BCUT2D eigenvalue weighted by Gasteiger charge is -2.13. The second-order valence-electron chi connectivity index (χ2n) is 4.24. The first-order valence-corrected chi connectivity index (χ1v) is 5.83. The van der Waals surface area contributed by atoms with Crippen LogP contribution in [0.15, 0.2) is 18.2 Å². The molecular formula is C13H17FN2O3. The summed E-state index contributed by atoms with van der Waals surface area (Å²) in [5, 5.41) is 5.15. The first kappa shape index (κ1) is 14.9. The van der Waals surface area contributed by atoms with E-state index in [2.05, 4.69) is 15.4 Å². The standard InChI is InChI=1S/C13H17FN2O3/c1-8-6-10(4-5-11(8)14)16-13(18)15-9(2)7-12(17)19-3/h4-6,9H,7H2,1-3H3,(H2,15,16,18)/t9-/m1/s1. The predicted molar refractivity (Wildman–Crippen MR) is 69.4 cm³/mol. The molecule has 0 aliphatic carbocycles. The lowest BCUT2D eigenvalue weighted by Crippen LogP contribution is -2.37. The highest BCUT2D eigenvalue weighted by atomic mass is 19.1. The van der Waals surface area contributed by atoms with Crippen molar-refractivity contribution in [3.05, 3.63) is 29.6 Å². The third kappa shape index (κ3) is 4.95. The minimum Gasteiger partial charge on any atom is -0.469 e. The Morgan fingerprint density at radius 1 is 1.42 bits per heavy atom. The number of rotatable bonds is 4. The van der Waals surface area contributed by atoms with Gasteiger partial charge in [0.05, 0.1) is 13.5 Å². The molecule has 0 radical (unpaired) electrons. The molecule has 19 heavy (non-hydrogen) atoms. The van der Waals surface area contributed by atoms with E-state index in [1.54, 1.807) is 13.8 Å². The van der Waals surface area contributed by atoms with Crippen LogP contribution in [0.25, 0.3) is 0 Å². The molecule has 0 spiro atoms. The Hall–Kier alpha value is -2.11. The van der Waals surface area contributed by atoms with Crippen LogP contribution in [0.2, 0.25) is 0 Å². The molecule has 2 N–H and O–H groups in total. The summed E-state index contributed by atoms with van der Waals surface area (Å²) >= 11 is 0. The summed E-state index contributed by atoms with van der Waals surface area (Å²) in [5.74, 6) is -0.726. The first-order chi connectivity index (χ1) is 8.92. The van der Waals surface area contributed by atoms with Gasteiger partial charge in [-0.05, 0) is 37.6 Å². The van der Waals surface area contributed by atoms with Crippen molar-refractivity contribution < 1.29 is 18.7 Å². The van der Waals surface area contributed by atoms with E-state index >= 15 is 0 Å². The minimum absolute atomic E-state index is 0.0896. The maximum absolute atomic E-state index is 13.0. The van der Waals surface area contributed by atoms with Gasteiger partial charge in [-0.1, -0.05) is 0 Å². The number of carbonyl (C=O) groups excluding carboxylic acids is 2. The Labute approximate surface area is 111 Å². The second kappa shape index (κ2) is 6.72. The summed E-state index contributed by atoms with van der Waals surface area (Å²) in [5.41, 5.74) is 0.932. The van der Waals surface area contributed by atoms with Crippen molar-refractivity contribution in [3.63, 3.8) is 0 Å². The van der Waals surface area contributed by atoms with Gasteiger partial charge in [-0.25, -0.2) is 9.18 Å². The number of benzene rings is 1. The van der Waals surface area contributed by atoms with E-state index in [1.807, 2.05) is 0 Å². The fourth-order valence-corrected chi connectivity index (χ4v) is 1.50. The first-order valence-electron chi connectivity index (χ1n) is 5.83. The van der Waals surface area contributed by atoms with Crippen LogP contribution in [0, 0.1) is 12.7 Å². The maximum Gasteiger partial charge on any atom is 0.319 e. The summed E-state index contributed by atoms with van der Waals surface area (Å²) in [6.07, 6.45) is 0.0896. The largest absolute Gasteiger partial charge is 0.469 e. The van der Waals surface area contributed by atoms with Crippen LogP contribution in [0.1, 0.15) is 18.9 Å². The zero-order chi connectivity index (χ0) is 14.4. The van der Waals surface area contributed by atoms with Crippen LogP contribution in [0.4, 0.5) is 14.9 Å². The number of carbonyl (C=O) groups is 2. The molecule has 104 valence electrons. The predicted octanol–water partition coefficient (Wildman–Crippen LogP) is 2.21. The SMILES string of the molecule is COC(=O)C[C@@H](C)NC(=O)Nc1ccc(F)c(C)c1. The summed E-state index contributed by atoms with van der Waals surface area (Å²) in [6.45, 7) is 3.30. The third-order valence-electron chi connectivity index (χ3n) is 2.49. The Bertz CT molecular complexity index is 477. The van der Waals surface area contributed by atoms with Gasteiger partial charge >= 0.3 is 12.0 Å². The van der Waals surface area contributed by atoms with E-state index in [9.17, 15) is 14.0 Å². The average molecular weight is 268 g/mol. The molecule has 1 atom stereocenters. The molecule has 0 bridgehead atoms. The second-order valence-corrected chi connectivity index (χ2v) is 4.24. The molecule has 2 amide bonds. The monoisotopic (exact) mass is 268 g/mol. The fraction of sp³-hybridized carbons (Fsp3) is 0.385. The lowest BCUT2D eigenvalue weighted by atomic mass is 10.2. The molecule has 0 saturated heterocycles. The van der Waals surface area contributed by atoms with Gasteiger partial charge in [-0.15, -0.1) is 0 Å². The molecule has 0 saturated carbocycles. The number of anilines is 1. The van der Waals surface area contributed by atoms with E-state index < -0.39 is 12.0 Å². The summed E-state index contributed by atoms with van der Waals surface area (Å²) in [6, 6.07) is 3.46. The van der Waals surface area contributed by atoms with Crippen molar-refractivity contribution in [2.24, 2.45) is 0 Å². The molecule has 0 aliphatic rings. The van der Waals surface area contributed by atoms with Crippen molar-refractivity contribution in [2.45, 2.75) is 26.3 Å². The molecule has 0 unspecified atom stereocenters. The number of nitrogens with one attached hydrogen (secondary N) is 2. The van der Waals surface area contributed by atoms with E-state index in [1.165, 1.54) is 25.3 Å². The number of esters is 1. The molecule has 1 rings (SSSR count). The van der Waals surface area contributed by atoms with Crippen LogP contribution in [-0.2, 0) is 9.53 Å². The maximum atomic E-state index is 13.0. The van der Waals surface area contributed by atoms with Gasteiger partial charge in [0.2, 0.25) is 0 Å². The van der Waals surface area contributed by atoms with E-state index in [0.29, 0.717) is 11.3 Å². The fourth-order valence-electron chi connectivity index (χ4n) is 1.50. The van der Waals surface area contributed by atoms with E-state index in [0.717, 1.165) is 0 Å². The average Bonchev–Trinajstić information content (AvgIpc) is 2.33. The number of methoxy groups -OCH3 is 1. The Balaban J connectivity index is 2.50. The van der Waals surface area contributed by atoms with Gasteiger partial charge in [-0.3, -0.25) is 4.79 Å². The third-order valence-corrected chi connectivity index (χ3v) is 2.49. The quantitative estimate of drug-likeness (QED) is 0.823. The molecule has 1 aromatic carbocycles. The molecule has 6 heteroatoms. The van der Waals surface area contributed by atoms with Crippen molar-refractivity contribution in [2.75, 3.05) is 12.4 Å². The molecule has 0 heterocycles. The topological polar surface area (TPSA) is 67.4 Å². The number of hydrogen-bond donors (Lipinski definition) is 2. The van der Waals surface area contributed by atoms with E-state index in [4.69, 9.17) is 0 Å². The van der Waals surface area contributed by atoms with Crippen molar-refractivity contribution in [1.82, 2.24) is 5.32 Å². The van der Waals surface area contributed by atoms with Gasteiger partial charge in [0, 0.05) is 11.7 Å². The van der Waals surface area contributed by atoms with Crippen LogP contribution in [0.5, 0.6) is 0 Å². The number of hydrogen-bond acceptors (Lipinski definition) is 3. The molecule has 0 aromatic heterocycles. The van der Waals surface area contributed by atoms with Crippen LogP contribution in [-0.4, -0.2) is 25.2 Å². The van der Waals surface area contributed by atoms with E-state index in [-0.39, 0.29) is 18.3 Å². The highest BCUT2D eigenvalue weighted by molar-refractivity contribution is 5.89. The van der Waals surface area contributed by atoms with Crippen LogP contribution in [0.3, 0.4) is 0 Å². The Morgan fingerprint density at radius 3 is 2.68 bits per heavy atom. The van der Waals surface area contributed by atoms with Gasteiger partial charge in [0.25, 0.3) is 0 Å². The Kier molecular flexibility index (Phi) is 5.29. The van der Waals surface area contributed by atoms with Crippen LogP contribution < -0.4 is 10.6 Å². The van der Waals surface area contributed by atoms with Gasteiger partial charge in [0.15, 0.2) is 0 Å². The molecule has 0 fully saturated rings. The highest BCUT2D eigenvalue weighted by Gasteiger charge is 2.12. The number of halogens is 1. The minimum atomic E-state index is -0.456. The molecular weight excluding hydrogens is 251 g/mol. The molecule has 0 aliphatic heterocycles. The highest BCUT2D eigenvalue weighted by Crippen LogP contribution is 2.13. The number of amides is 2. The normalized spacial score (nSPS) is 11.6. The molecule has 1 aromatic rings. The Morgan fingerprint density at radius 2 is 2.11 bits per heavy atom. The zero-order valence-corrected chi connectivity index (χ0v) is 11.1. The number of ether oxygens (including phenoxy) is 1. The smallest absolute Gasteiger partial charge is 0.319 e. The number of aryl methyl sites for hydroxylation is 1. The molecule has 5 nitrogen and oxygen atoms in total. The zero-order valence-electron chi connectivity index (χ0n) is 11.1. The summed E-state index contributed by atoms with van der Waals surface area (Å²) in [7, 11) is 1.29. The summed E-state index contributed by atoms with van der Waals surface area (Å²) in [4.78, 5) is 22.6. The number of urea groups is 1. The lowest BCUT2D eigenvalue weighted by molar-refractivity contribution is -0.141. The van der Waals surface area contributed by atoms with Crippen molar-refractivity contribution in [3.8, 4) is 0 Å². The van der Waals surface area contributed by atoms with Crippen LogP contribution >= 0.6 is 0 Å². The van der Waals surface area contributed by atoms with Crippen molar-refractivity contribution in [1.29, 1.82) is 0 Å². The van der Waals surface area contributed by atoms with Crippen molar-refractivity contribution >= 4 is 17.7 Å². The van der Waals surface area contributed by atoms with Gasteiger partial charge < -0.3 is 15.4 Å². The summed E-state index contributed by atoms with van der Waals surface area (Å²) < 4.78 is 17.5. The van der Waals surface area contributed by atoms with Gasteiger partial charge in [0.1, 0.15) is 5.82 Å².